The third-order valence-corrected chi connectivity index (χ3v) is 18.7. The number of carbonyl (C=O) groups is 7. The number of phenolic OH excluding ortho intramolecular Hbond substituents is 2. The third-order valence-electron chi connectivity index (χ3n) is 17.3. The monoisotopic (exact) mass is 1490 g/mol. The molecule has 2 atom stereocenters. The van der Waals surface area contributed by atoms with Gasteiger partial charge in [-0.05, 0) is 188 Å². The van der Waals surface area contributed by atoms with E-state index >= 15 is 0 Å². The predicted molar refractivity (Wildman–Crippen MR) is 403 cm³/mol. The number of anilines is 2. The summed E-state index contributed by atoms with van der Waals surface area (Å²) in [7, 11) is -1.18. The molecule has 12 rings (SSSR count). The lowest BCUT2D eigenvalue weighted by molar-refractivity contribution is -0.144. The van der Waals surface area contributed by atoms with Gasteiger partial charge in [0.05, 0.1) is 92.1 Å². The van der Waals surface area contributed by atoms with Crippen LogP contribution in [0.15, 0.2) is 186 Å². The Morgan fingerprint density at radius 3 is 1.94 bits per heavy atom. The van der Waals surface area contributed by atoms with Crippen molar-refractivity contribution in [2.24, 2.45) is 15.4 Å². The second kappa shape index (κ2) is 34.5. The summed E-state index contributed by atoms with van der Waals surface area (Å²) >= 11 is 0. The number of nitrogens with one attached hydrogen (secondary N) is 5. The minimum atomic E-state index is -4.07. The lowest BCUT2D eigenvalue weighted by atomic mass is 10.0. The molecule has 0 bridgehead atoms. The van der Waals surface area contributed by atoms with Gasteiger partial charge in [0.15, 0.2) is 0 Å². The first kappa shape index (κ1) is 78.8. The Bertz CT molecular complexity index is 5370. The van der Waals surface area contributed by atoms with Crippen molar-refractivity contribution >= 4 is 109 Å². The number of oxime groups is 1. The Kier molecular flexibility index (Phi) is 25.2. The summed E-state index contributed by atoms with van der Waals surface area (Å²) < 4.78 is 47.2. The van der Waals surface area contributed by atoms with E-state index < -0.39 is 57.4 Å². The number of H-pyrrole nitrogens is 3. The number of esters is 2. The van der Waals surface area contributed by atoms with Gasteiger partial charge in [0, 0.05) is 58.8 Å². The van der Waals surface area contributed by atoms with Crippen LogP contribution in [0.5, 0.6) is 11.5 Å². The standard InChI is InChI=1S/C34H33N3O9S.C23H18N4O6.C12H16N4O2.C8H10O2/c1-21(43-3)16-17-45-33(39)24-8-7-9-27(18-24)47(41,42)36-26-14-12-23(13-15-26)31-29(34(40)46-35-31)19-25-20-37(22(2)32(38)44-4)30-11-6-5-10-28(25)30;1-12-18(20(28)26(24-12)16-7-3-14(4-8-16)22(30)31)11-19-13(2)25-27(21(19)29)17-9-5-15(6-10-17)23(32)33;1-3-4-5-10-9(12(18)16-14-10)6-8-7(2)13-15-11(8)17;1-5-3-8(10)6(2)4-7(5)9/h5-15,18-22,36H,16-17H2,1-4H3;3-11,24H,1-2H3,(H,30,31)(H,32,33);6H,3-5H2,1-2H3,(H,16,18)(H2,13,15,17);3-4,9-10H,1-2H3/b29-19-;19-11-;9-6-;. The molecule has 9 N–H and O–H groups in total. The molecular weight excluding hydrogens is 1410 g/mol. The number of carboxylic acids is 2. The number of nitrogens with zero attached hydrogens (tertiary/aromatic N) is 6. The first-order valence-corrected chi connectivity index (χ1v) is 35.0. The van der Waals surface area contributed by atoms with Gasteiger partial charge in [-0.1, -0.05) is 54.9 Å². The number of sulfonamides is 1. The fourth-order valence-electron chi connectivity index (χ4n) is 11.0. The van der Waals surface area contributed by atoms with E-state index in [9.17, 15) is 51.6 Å². The fraction of sp³-hybridized carbons (Fsp3) is 0.221. The van der Waals surface area contributed by atoms with Gasteiger partial charge in [-0.25, -0.2) is 42.5 Å². The van der Waals surface area contributed by atoms with Gasteiger partial charge in [0.25, 0.3) is 33.0 Å². The van der Waals surface area contributed by atoms with Crippen LogP contribution >= 0.6 is 0 Å². The van der Waals surface area contributed by atoms with Crippen LogP contribution in [0.3, 0.4) is 0 Å². The molecule has 2 unspecified atom stereocenters. The average molecular weight is 1490 g/mol. The summed E-state index contributed by atoms with van der Waals surface area (Å²) in [4.78, 5) is 114. The van der Waals surface area contributed by atoms with Crippen LogP contribution in [-0.4, -0.2) is 139 Å². The average Bonchev–Trinajstić information content (AvgIpc) is 1.62. The number of aryl methyl sites for hydroxylation is 4. The van der Waals surface area contributed by atoms with E-state index in [0.717, 1.165) is 40.9 Å². The van der Waals surface area contributed by atoms with Gasteiger partial charge in [-0.15, -0.1) is 0 Å². The number of ether oxygens (including phenoxy) is 3. The number of methoxy groups -OCH3 is 2. The molecule has 6 aromatic carbocycles. The molecule has 0 fully saturated rings. The van der Waals surface area contributed by atoms with E-state index in [1.807, 2.05) is 31.2 Å². The second-order valence-electron chi connectivity index (χ2n) is 24.8. The number of aromatic nitrogens is 5. The Balaban J connectivity index is 0.000000189. The van der Waals surface area contributed by atoms with Gasteiger partial charge in [0.1, 0.15) is 23.3 Å². The highest BCUT2D eigenvalue weighted by molar-refractivity contribution is 7.92. The zero-order valence-corrected chi connectivity index (χ0v) is 61.0. The van der Waals surface area contributed by atoms with Gasteiger partial charge in [-0.2, -0.15) is 15.2 Å². The van der Waals surface area contributed by atoms with Crippen molar-refractivity contribution in [3.05, 3.63) is 239 Å². The highest BCUT2D eigenvalue weighted by Gasteiger charge is 2.32. The van der Waals surface area contributed by atoms with Gasteiger partial charge in [0.2, 0.25) is 0 Å². The van der Waals surface area contributed by atoms with E-state index in [1.54, 1.807) is 95.8 Å². The number of unbranched alkanes of at least 4 members (excludes halogenated alkanes) is 1. The number of aromatic amines is 3. The van der Waals surface area contributed by atoms with E-state index in [0.29, 0.717) is 68.3 Å². The number of hydrogen-bond donors (Lipinski definition) is 9. The number of carbonyl (C=O) groups excluding carboxylic acids is 5. The SMILES string of the molecule is CC1=NN(c2ccc(C(=O)O)cc2)C(=O)/C1=C\c1c(C)[nH]n(-c2ccc(C(=O)O)cc2)c1=O.CCCCC1=NNC(=O)/C1=C\c1c(C)[nH][nH]c1=O.COC(=O)C(C)n1cc(/C=C2\C(=O)ON=C2c2ccc(NS(=O)(=O)c3cccc(C(=O)OCCC(C)OC)c3)cc2)c2ccccc21.Cc1cc(O)c(C)cc1O. The van der Waals surface area contributed by atoms with Crippen molar-refractivity contribution < 1.29 is 81.5 Å². The fourth-order valence-corrected chi connectivity index (χ4v) is 12.1. The molecule has 560 valence electrons. The highest BCUT2D eigenvalue weighted by Crippen LogP contribution is 2.32. The Morgan fingerprint density at radius 2 is 1.33 bits per heavy atom. The van der Waals surface area contributed by atoms with E-state index in [2.05, 4.69) is 47.7 Å². The number of aromatic hydroxyl groups is 2. The number of rotatable bonds is 21. The Morgan fingerprint density at radius 1 is 0.704 bits per heavy atom. The highest BCUT2D eigenvalue weighted by atomic mass is 32.2. The molecule has 108 heavy (non-hydrogen) atoms. The molecule has 9 aromatic rings. The van der Waals surface area contributed by atoms with Gasteiger partial charge >= 0.3 is 29.8 Å². The summed E-state index contributed by atoms with van der Waals surface area (Å²) in [6.07, 6.45) is 9.62. The summed E-state index contributed by atoms with van der Waals surface area (Å²) in [5, 5.41) is 58.6. The van der Waals surface area contributed by atoms with Crippen LogP contribution in [-0.2, 0) is 48.2 Å². The molecule has 6 heterocycles. The topological polar surface area (TPSA) is 427 Å². The largest absolute Gasteiger partial charge is 0.508 e. The number of benzene rings is 6. The maximum Gasteiger partial charge on any atom is 0.368 e. The first-order chi connectivity index (χ1) is 51.4. The number of carboxylic acid groups (broad SMARTS) is 2. The molecule has 30 nitrogen and oxygen atoms in total. The molecule has 0 saturated carbocycles. The molecule has 0 saturated heterocycles. The molecule has 0 aliphatic carbocycles. The Hall–Kier alpha value is -13.3. The zero-order valence-electron chi connectivity index (χ0n) is 60.2. The first-order valence-electron chi connectivity index (χ1n) is 33.5. The third kappa shape index (κ3) is 18.4. The van der Waals surface area contributed by atoms with Crippen LogP contribution in [0.1, 0.15) is 135 Å². The summed E-state index contributed by atoms with van der Waals surface area (Å²) in [5.74, 6) is -4.10. The predicted octanol–water partition coefficient (Wildman–Crippen LogP) is 10.6. The maximum atomic E-state index is 13.2. The van der Waals surface area contributed by atoms with Crippen molar-refractivity contribution in [3.63, 3.8) is 0 Å². The van der Waals surface area contributed by atoms with Crippen LogP contribution in [0.2, 0.25) is 0 Å². The second-order valence-corrected chi connectivity index (χ2v) is 26.5. The van der Waals surface area contributed by atoms with E-state index in [4.69, 9.17) is 39.5 Å². The van der Waals surface area contributed by atoms with Crippen molar-refractivity contribution in [1.29, 1.82) is 0 Å². The number of amides is 2. The van der Waals surface area contributed by atoms with Gasteiger partial charge < -0.3 is 49.1 Å². The van der Waals surface area contributed by atoms with E-state index in [-0.39, 0.29) is 85.4 Å². The number of fused-ring (bicyclic) bond motifs is 1. The minimum Gasteiger partial charge on any atom is -0.508 e. The summed E-state index contributed by atoms with van der Waals surface area (Å²) in [6, 6.07) is 33.3. The maximum absolute atomic E-state index is 13.2. The summed E-state index contributed by atoms with van der Waals surface area (Å²) in [6.45, 7) is 14.4. The number of para-hydroxylation sites is 1. The van der Waals surface area contributed by atoms with Crippen LogP contribution in [0.4, 0.5) is 11.4 Å². The molecule has 3 aliphatic heterocycles. The van der Waals surface area contributed by atoms with Crippen molar-refractivity contribution in [2.75, 3.05) is 30.6 Å². The molecule has 2 amide bonds. The normalized spacial score (nSPS) is 14.8. The molecule has 0 radical (unpaired) electrons. The molecular formula is C77H77N11O19S. The number of hydrazone groups is 2. The van der Waals surface area contributed by atoms with Gasteiger partial charge in [-0.3, -0.25) is 34.1 Å². The number of aromatic carboxylic acids is 2. The molecule has 31 heteroatoms. The molecule has 3 aromatic heterocycles. The van der Waals surface area contributed by atoms with E-state index in [1.165, 1.54) is 103 Å². The number of phenols is 2. The van der Waals surface area contributed by atoms with Crippen LogP contribution in [0, 0.1) is 27.7 Å². The van der Waals surface area contributed by atoms with Crippen LogP contribution in [0.25, 0.3) is 34.8 Å². The minimum absolute atomic E-state index is 0.0850. The van der Waals surface area contributed by atoms with Crippen molar-refractivity contribution in [2.45, 2.75) is 98.1 Å². The van der Waals surface area contributed by atoms with Crippen molar-refractivity contribution in [1.82, 2.24) is 30.0 Å². The lowest BCUT2D eigenvalue weighted by Crippen LogP contribution is -2.22. The molecule has 0 spiro atoms. The lowest BCUT2D eigenvalue weighted by Gasteiger charge is -2.12. The number of hydrogen-bond acceptors (Lipinski definition) is 20. The van der Waals surface area contributed by atoms with Crippen LogP contribution < -0.4 is 26.3 Å². The molecule has 3 aliphatic rings. The zero-order chi connectivity index (χ0) is 78.4. The van der Waals surface area contributed by atoms with Crippen molar-refractivity contribution in [3.8, 4) is 17.2 Å². The Labute approximate surface area is 617 Å². The quantitative estimate of drug-likeness (QED) is 0.0140. The summed E-state index contributed by atoms with van der Waals surface area (Å²) in [5.41, 5.74) is 10.7. The smallest absolute Gasteiger partial charge is 0.368 e.